The SMILES string of the molecule is CCOC(=O)c1n[nH]nc1C1NCCC1C. The topological polar surface area (TPSA) is 79.9 Å². The van der Waals surface area contributed by atoms with Gasteiger partial charge in [0.15, 0.2) is 5.69 Å². The number of carbonyl (C=O) groups excluding carboxylic acids is 1. The molecule has 0 aliphatic carbocycles. The maximum atomic E-state index is 11.6. The second-order valence-electron chi connectivity index (χ2n) is 3.98. The largest absolute Gasteiger partial charge is 0.461 e. The number of aromatic nitrogens is 3. The van der Waals surface area contributed by atoms with Crippen LogP contribution in [0.4, 0.5) is 0 Å². The Balaban J connectivity index is 2.21. The molecule has 1 aliphatic heterocycles. The van der Waals surface area contributed by atoms with Gasteiger partial charge in [0.1, 0.15) is 5.69 Å². The first kappa shape index (κ1) is 11.1. The molecule has 0 saturated carbocycles. The molecule has 6 nitrogen and oxygen atoms in total. The van der Waals surface area contributed by atoms with E-state index in [1.165, 1.54) is 0 Å². The van der Waals surface area contributed by atoms with Gasteiger partial charge in [0.05, 0.1) is 12.6 Å². The van der Waals surface area contributed by atoms with E-state index in [2.05, 4.69) is 27.7 Å². The van der Waals surface area contributed by atoms with Crippen molar-refractivity contribution in [2.24, 2.45) is 5.92 Å². The number of ether oxygens (including phenoxy) is 1. The highest BCUT2D eigenvalue weighted by Crippen LogP contribution is 2.29. The molecule has 1 aliphatic rings. The van der Waals surface area contributed by atoms with Gasteiger partial charge in [-0.15, -0.1) is 5.10 Å². The lowest BCUT2D eigenvalue weighted by molar-refractivity contribution is 0.0517. The van der Waals surface area contributed by atoms with Crippen molar-refractivity contribution in [1.29, 1.82) is 0 Å². The van der Waals surface area contributed by atoms with Gasteiger partial charge < -0.3 is 10.1 Å². The van der Waals surface area contributed by atoms with Crippen LogP contribution in [0.15, 0.2) is 0 Å². The quantitative estimate of drug-likeness (QED) is 0.737. The Labute approximate surface area is 93.8 Å². The first-order valence-corrected chi connectivity index (χ1v) is 5.55. The molecular formula is C10H16N4O2. The fourth-order valence-electron chi connectivity index (χ4n) is 2.01. The summed E-state index contributed by atoms with van der Waals surface area (Å²) in [7, 11) is 0. The van der Waals surface area contributed by atoms with E-state index in [0.29, 0.717) is 23.9 Å². The Kier molecular flexibility index (Phi) is 3.19. The molecule has 2 N–H and O–H groups in total. The van der Waals surface area contributed by atoms with Crippen LogP contribution < -0.4 is 5.32 Å². The number of rotatable bonds is 3. The summed E-state index contributed by atoms with van der Waals surface area (Å²) in [5.74, 6) is 0.0467. The second kappa shape index (κ2) is 4.61. The van der Waals surface area contributed by atoms with Crippen LogP contribution in [-0.2, 0) is 4.74 Å². The fraction of sp³-hybridized carbons (Fsp3) is 0.700. The summed E-state index contributed by atoms with van der Waals surface area (Å²) >= 11 is 0. The third-order valence-corrected chi connectivity index (χ3v) is 2.87. The summed E-state index contributed by atoms with van der Waals surface area (Å²) in [6.45, 7) is 5.20. The molecule has 0 amide bonds. The Morgan fingerprint density at radius 2 is 2.38 bits per heavy atom. The molecule has 0 aromatic carbocycles. The summed E-state index contributed by atoms with van der Waals surface area (Å²) in [5, 5.41) is 13.7. The molecule has 0 bridgehead atoms. The molecule has 2 heterocycles. The smallest absolute Gasteiger partial charge is 0.360 e. The molecule has 2 unspecified atom stereocenters. The van der Waals surface area contributed by atoms with Crippen LogP contribution in [-0.4, -0.2) is 34.5 Å². The molecule has 0 spiro atoms. The van der Waals surface area contributed by atoms with Crippen LogP contribution in [0.1, 0.15) is 42.5 Å². The molecule has 6 heteroatoms. The molecule has 88 valence electrons. The minimum atomic E-state index is -0.410. The van der Waals surface area contributed by atoms with Crippen molar-refractivity contribution in [3.05, 3.63) is 11.4 Å². The minimum absolute atomic E-state index is 0.0955. The van der Waals surface area contributed by atoms with Gasteiger partial charge in [0.25, 0.3) is 0 Å². The van der Waals surface area contributed by atoms with Crippen LogP contribution in [0.25, 0.3) is 0 Å². The third-order valence-electron chi connectivity index (χ3n) is 2.87. The molecule has 2 rings (SSSR count). The zero-order chi connectivity index (χ0) is 11.5. The Morgan fingerprint density at radius 3 is 3.00 bits per heavy atom. The van der Waals surface area contributed by atoms with E-state index < -0.39 is 5.97 Å². The van der Waals surface area contributed by atoms with E-state index in [1.54, 1.807) is 6.92 Å². The molecule has 0 radical (unpaired) electrons. The van der Waals surface area contributed by atoms with Crippen LogP contribution in [0.2, 0.25) is 0 Å². The number of esters is 1. The van der Waals surface area contributed by atoms with Crippen LogP contribution in [0.5, 0.6) is 0 Å². The van der Waals surface area contributed by atoms with E-state index in [9.17, 15) is 4.79 Å². The third kappa shape index (κ3) is 1.92. The lowest BCUT2D eigenvalue weighted by Gasteiger charge is -2.13. The summed E-state index contributed by atoms with van der Waals surface area (Å²) in [5.41, 5.74) is 0.969. The molecule has 1 aromatic heterocycles. The van der Waals surface area contributed by atoms with Crippen molar-refractivity contribution in [1.82, 2.24) is 20.7 Å². The predicted molar refractivity (Wildman–Crippen MR) is 56.9 cm³/mol. The van der Waals surface area contributed by atoms with Crippen molar-refractivity contribution in [2.75, 3.05) is 13.2 Å². The number of aromatic amines is 1. The zero-order valence-electron chi connectivity index (χ0n) is 9.49. The number of hydrogen-bond donors (Lipinski definition) is 2. The Hall–Kier alpha value is -1.43. The van der Waals surface area contributed by atoms with Gasteiger partial charge in [-0.05, 0) is 25.8 Å². The van der Waals surface area contributed by atoms with Crippen molar-refractivity contribution >= 4 is 5.97 Å². The van der Waals surface area contributed by atoms with E-state index in [-0.39, 0.29) is 6.04 Å². The fourth-order valence-corrected chi connectivity index (χ4v) is 2.01. The van der Waals surface area contributed by atoms with Crippen molar-refractivity contribution in [3.8, 4) is 0 Å². The van der Waals surface area contributed by atoms with Gasteiger partial charge in [-0.3, -0.25) is 0 Å². The molecule has 16 heavy (non-hydrogen) atoms. The van der Waals surface area contributed by atoms with Gasteiger partial charge in [-0.2, -0.15) is 10.3 Å². The van der Waals surface area contributed by atoms with Crippen LogP contribution in [0, 0.1) is 5.92 Å². The van der Waals surface area contributed by atoms with Crippen molar-refractivity contribution in [2.45, 2.75) is 26.3 Å². The van der Waals surface area contributed by atoms with Gasteiger partial charge >= 0.3 is 5.97 Å². The molecule has 1 fully saturated rings. The van der Waals surface area contributed by atoms with Crippen LogP contribution >= 0.6 is 0 Å². The van der Waals surface area contributed by atoms with E-state index >= 15 is 0 Å². The minimum Gasteiger partial charge on any atom is -0.461 e. The first-order valence-electron chi connectivity index (χ1n) is 5.55. The van der Waals surface area contributed by atoms with Crippen molar-refractivity contribution in [3.63, 3.8) is 0 Å². The van der Waals surface area contributed by atoms with Gasteiger partial charge in [-0.25, -0.2) is 4.79 Å². The maximum absolute atomic E-state index is 11.6. The first-order chi connectivity index (χ1) is 7.74. The molecule has 1 saturated heterocycles. The summed E-state index contributed by atoms with van der Waals surface area (Å²) < 4.78 is 4.93. The summed E-state index contributed by atoms with van der Waals surface area (Å²) in [4.78, 5) is 11.6. The van der Waals surface area contributed by atoms with Crippen LogP contribution in [0.3, 0.4) is 0 Å². The summed E-state index contributed by atoms with van der Waals surface area (Å²) in [6, 6.07) is 0.0955. The van der Waals surface area contributed by atoms with E-state index in [0.717, 1.165) is 13.0 Å². The highest BCUT2D eigenvalue weighted by atomic mass is 16.5. The lowest BCUT2D eigenvalue weighted by atomic mass is 9.99. The predicted octanol–water partition coefficient (Wildman–Crippen LogP) is 0.652. The van der Waals surface area contributed by atoms with Gasteiger partial charge in [0, 0.05) is 0 Å². The highest BCUT2D eigenvalue weighted by Gasteiger charge is 2.31. The maximum Gasteiger partial charge on any atom is 0.360 e. The van der Waals surface area contributed by atoms with Gasteiger partial charge in [-0.1, -0.05) is 6.92 Å². The Morgan fingerprint density at radius 1 is 1.56 bits per heavy atom. The zero-order valence-corrected chi connectivity index (χ0v) is 9.49. The van der Waals surface area contributed by atoms with E-state index in [1.807, 2.05) is 0 Å². The lowest BCUT2D eigenvalue weighted by Crippen LogP contribution is -2.20. The standard InChI is InChI=1S/C10H16N4O2/c1-3-16-10(15)9-8(12-14-13-9)7-6(2)4-5-11-7/h6-7,11H,3-5H2,1-2H3,(H,12,13,14). The average molecular weight is 224 g/mol. The number of nitrogens with one attached hydrogen (secondary N) is 2. The van der Waals surface area contributed by atoms with E-state index in [4.69, 9.17) is 4.74 Å². The second-order valence-corrected chi connectivity index (χ2v) is 3.98. The number of nitrogens with zero attached hydrogens (tertiary/aromatic N) is 2. The molecule has 2 atom stereocenters. The number of H-pyrrole nitrogens is 1. The highest BCUT2D eigenvalue weighted by molar-refractivity contribution is 5.88. The number of hydrogen-bond acceptors (Lipinski definition) is 5. The monoisotopic (exact) mass is 224 g/mol. The normalized spacial score (nSPS) is 24.6. The molecular weight excluding hydrogens is 208 g/mol. The number of carbonyl (C=O) groups is 1. The van der Waals surface area contributed by atoms with Crippen molar-refractivity contribution < 1.29 is 9.53 Å². The Bertz CT molecular complexity index is 377. The summed E-state index contributed by atoms with van der Waals surface area (Å²) in [6.07, 6.45) is 1.08. The van der Waals surface area contributed by atoms with Gasteiger partial charge in [0.2, 0.25) is 0 Å². The molecule has 1 aromatic rings. The average Bonchev–Trinajstić information content (AvgIpc) is 2.85.